The van der Waals surface area contributed by atoms with Gasteiger partial charge in [-0.05, 0) is 43.3 Å². The van der Waals surface area contributed by atoms with Gasteiger partial charge in [-0.25, -0.2) is 0 Å². The molecule has 0 aliphatic carbocycles. The highest BCUT2D eigenvalue weighted by Crippen LogP contribution is 2.40. The van der Waals surface area contributed by atoms with E-state index >= 15 is 0 Å². The van der Waals surface area contributed by atoms with Crippen molar-refractivity contribution in [2.24, 2.45) is 5.10 Å². The number of ether oxygens (including phenoxy) is 5. The van der Waals surface area contributed by atoms with E-state index in [9.17, 15) is 4.79 Å². The van der Waals surface area contributed by atoms with Crippen molar-refractivity contribution in [3.05, 3.63) is 47.5 Å². The van der Waals surface area contributed by atoms with E-state index in [1.54, 1.807) is 12.1 Å². The molecule has 1 amide bonds. The Kier molecular flexibility index (Phi) is 6.11. The molecule has 0 aromatic heterocycles. The molecule has 3 rings (SSSR count). The molecule has 0 saturated carbocycles. The molecule has 154 valence electrons. The van der Waals surface area contributed by atoms with Crippen LogP contribution in [0, 0.1) is 0 Å². The van der Waals surface area contributed by atoms with Gasteiger partial charge in [0, 0.05) is 18.1 Å². The summed E-state index contributed by atoms with van der Waals surface area (Å²) in [5.41, 5.74) is 1.37. The van der Waals surface area contributed by atoms with Crippen molar-refractivity contribution in [1.82, 2.24) is 5.01 Å². The molecule has 1 aliphatic heterocycles. The molecule has 1 aliphatic rings. The first-order chi connectivity index (χ1) is 14.0. The molecular weight excluding hydrogens is 376 g/mol. The van der Waals surface area contributed by atoms with Gasteiger partial charge in [-0.3, -0.25) is 4.79 Å². The third-order valence-electron chi connectivity index (χ3n) is 4.35. The van der Waals surface area contributed by atoms with Crippen molar-refractivity contribution >= 4 is 11.8 Å². The van der Waals surface area contributed by atoms with E-state index in [0.29, 0.717) is 29.4 Å². The van der Waals surface area contributed by atoms with Crippen LogP contribution in [0.4, 0.5) is 0 Å². The maximum absolute atomic E-state index is 12.2. The minimum Gasteiger partial charge on any atom is -0.494 e. The Morgan fingerprint density at radius 2 is 1.69 bits per heavy atom. The molecule has 1 atom stereocenters. The monoisotopic (exact) mass is 400 g/mol. The van der Waals surface area contributed by atoms with E-state index in [0.717, 1.165) is 11.3 Å². The molecular formula is C21H24N2O6. The molecule has 0 bridgehead atoms. The third kappa shape index (κ3) is 4.06. The van der Waals surface area contributed by atoms with Gasteiger partial charge in [-0.1, -0.05) is 0 Å². The lowest BCUT2D eigenvalue weighted by Gasteiger charge is -2.19. The van der Waals surface area contributed by atoms with Crippen LogP contribution in [0.25, 0.3) is 0 Å². The number of rotatable bonds is 7. The van der Waals surface area contributed by atoms with Gasteiger partial charge in [0.1, 0.15) is 5.75 Å². The normalized spacial score (nSPS) is 15.4. The van der Waals surface area contributed by atoms with Crippen LogP contribution in [0.2, 0.25) is 0 Å². The van der Waals surface area contributed by atoms with Crippen LogP contribution in [0.1, 0.15) is 31.2 Å². The van der Waals surface area contributed by atoms with Crippen molar-refractivity contribution in [3.8, 4) is 23.0 Å². The Labute approximate surface area is 169 Å². The maximum Gasteiger partial charge on any atom is 0.243 e. The summed E-state index contributed by atoms with van der Waals surface area (Å²) in [6.07, 6.45) is -0.683. The van der Waals surface area contributed by atoms with Crippen molar-refractivity contribution in [3.63, 3.8) is 0 Å². The zero-order valence-corrected chi connectivity index (χ0v) is 17.1. The zero-order valence-electron chi connectivity index (χ0n) is 17.1. The van der Waals surface area contributed by atoms with Gasteiger partial charge < -0.3 is 23.7 Å². The quantitative estimate of drug-likeness (QED) is 0.709. The lowest BCUT2D eigenvalue weighted by molar-refractivity contribution is -0.135. The second-order valence-corrected chi connectivity index (χ2v) is 6.16. The summed E-state index contributed by atoms with van der Waals surface area (Å²) in [5, 5.41) is 5.68. The van der Waals surface area contributed by atoms with Crippen LogP contribution < -0.4 is 18.9 Å². The van der Waals surface area contributed by atoms with Gasteiger partial charge in [0.25, 0.3) is 0 Å². The number of hydrogen-bond acceptors (Lipinski definition) is 7. The fourth-order valence-electron chi connectivity index (χ4n) is 3.00. The van der Waals surface area contributed by atoms with E-state index < -0.39 is 6.23 Å². The second kappa shape index (κ2) is 8.72. The number of amides is 1. The molecule has 0 fully saturated rings. The standard InChI is InChI=1S/C21H24N2O6/c1-6-28-16-9-7-14(8-10-16)21-23(13(2)24)22-20(29-21)15-11-17(25-3)19(27-5)18(12-15)26-4/h7-12,21H,6H2,1-5H3/t21-/m0/s1. The lowest BCUT2D eigenvalue weighted by Crippen LogP contribution is -2.25. The smallest absolute Gasteiger partial charge is 0.243 e. The van der Waals surface area contributed by atoms with Crippen LogP contribution in [0.15, 0.2) is 41.5 Å². The summed E-state index contributed by atoms with van der Waals surface area (Å²) >= 11 is 0. The van der Waals surface area contributed by atoms with Crippen molar-refractivity contribution in [2.75, 3.05) is 27.9 Å². The predicted octanol–water partition coefficient (Wildman–Crippen LogP) is 3.35. The molecule has 0 unspecified atom stereocenters. The van der Waals surface area contributed by atoms with Gasteiger partial charge in [-0.15, -0.1) is 5.10 Å². The summed E-state index contributed by atoms with van der Waals surface area (Å²) in [4.78, 5) is 12.2. The molecule has 29 heavy (non-hydrogen) atoms. The van der Waals surface area contributed by atoms with Gasteiger partial charge in [0.15, 0.2) is 11.5 Å². The van der Waals surface area contributed by atoms with Crippen molar-refractivity contribution < 1.29 is 28.5 Å². The van der Waals surface area contributed by atoms with Gasteiger partial charge in [0.2, 0.25) is 23.8 Å². The molecule has 1 heterocycles. The molecule has 8 heteroatoms. The fourth-order valence-corrected chi connectivity index (χ4v) is 3.00. The van der Waals surface area contributed by atoms with Crippen LogP contribution in [0.3, 0.4) is 0 Å². The summed E-state index contributed by atoms with van der Waals surface area (Å²) in [7, 11) is 4.59. The van der Waals surface area contributed by atoms with Crippen LogP contribution in [-0.4, -0.2) is 44.8 Å². The maximum atomic E-state index is 12.2. The van der Waals surface area contributed by atoms with E-state index in [1.165, 1.54) is 33.3 Å². The van der Waals surface area contributed by atoms with Crippen LogP contribution >= 0.6 is 0 Å². The molecule has 0 saturated heterocycles. The SMILES string of the molecule is CCOc1ccc([C@@H]2OC(c3cc(OC)c(OC)c(OC)c3)=NN2C(C)=O)cc1. The first-order valence-corrected chi connectivity index (χ1v) is 9.10. The number of nitrogens with zero attached hydrogens (tertiary/aromatic N) is 2. The van der Waals surface area contributed by atoms with E-state index in [-0.39, 0.29) is 11.8 Å². The fraction of sp³-hybridized carbons (Fsp3) is 0.333. The number of benzene rings is 2. The van der Waals surface area contributed by atoms with E-state index in [2.05, 4.69) is 5.10 Å². The summed E-state index contributed by atoms with van der Waals surface area (Å²) in [6.45, 7) is 3.93. The summed E-state index contributed by atoms with van der Waals surface area (Å²) < 4.78 is 27.6. The first-order valence-electron chi connectivity index (χ1n) is 9.10. The van der Waals surface area contributed by atoms with Crippen LogP contribution in [0.5, 0.6) is 23.0 Å². The predicted molar refractivity (Wildman–Crippen MR) is 107 cm³/mol. The molecule has 8 nitrogen and oxygen atoms in total. The molecule has 2 aromatic carbocycles. The topological polar surface area (TPSA) is 78.8 Å². The highest BCUT2D eigenvalue weighted by atomic mass is 16.5. The average Bonchev–Trinajstić information content (AvgIpc) is 3.19. The lowest BCUT2D eigenvalue weighted by atomic mass is 10.1. The Morgan fingerprint density at radius 3 is 2.17 bits per heavy atom. The second-order valence-electron chi connectivity index (χ2n) is 6.16. The molecule has 2 aromatic rings. The number of hydrazone groups is 1. The minimum atomic E-state index is -0.683. The summed E-state index contributed by atoms with van der Waals surface area (Å²) in [5.74, 6) is 2.17. The zero-order chi connectivity index (χ0) is 21.0. The number of carbonyl (C=O) groups excluding carboxylic acids is 1. The van der Waals surface area contributed by atoms with Crippen molar-refractivity contribution in [2.45, 2.75) is 20.1 Å². The Balaban J connectivity index is 1.95. The van der Waals surface area contributed by atoms with Crippen LogP contribution in [-0.2, 0) is 9.53 Å². The Bertz CT molecular complexity index is 885. The van der Waals surface area contributed by atoms with Gasteiger partial charge in [-0.2, -0.15) is 5.01 Å². The Hall–Kier alpha value is -3.42. The molecule has 0 spiro atoms. The first kappa shape index (κ1) is 20.3. The Morgan fingerprint density at radius 1 is 1.07 bits per heavy atom. The number of hydrogen-bond donors (Lipinski definition) is 0. The largest absolute Gasteiger partial charge is 0.494 e. The molecule has 0 N–H and O–H groups in total. The van der Waals surface area contributed by atoms with E-state index in [4.69, 9.17) is 23.7 Å². The highest BCUT2D eigenvalue weighted by molar-refractivity contribution is 5.97. The highest BCUT2D eigenvalue weighted by Gasteiger charge is 2.34. The average molecular weight is 400 g/mol. The van der Waals surface area contributed by atoms with E-state index in [1.807, 2.05) is 31.2 Å². The minimum absolute atomic E-state index is 0.244. The third-order valence-corrected chi connectivity index (χ3v) is 4.35. The van der Waals surface area contributed by atoms with Gasteiger partial charge >= 0.3 is 0 Å². The summed E-state index contributed by atoms with van der Waals surface area (Å²) in [6, 6.07) is 10.8. The number of carbonyl (C=O) groups is 1. The molecule has 0 radical (unpaired) electrons. The van der Waals surface area contributed by atoms with Gasteiger partial charge in [0.05, 0.1) is 27.9 Å². The number of methoxy groups -OCH3 is 3. The van der Waals surface area contributed by atoms with Crippen molar-refractivity contribution in [1.29, 1.82) is 0 Å².